The molecule has 364 valence electrons. The monoisotopic (exact) mass is 946 g/mol. The Labute approximate surface area is 410 Å². The van der Waals surface area contributed by atoms with E-state index < -0.39 is 0 Å². The van der Waals surface area contributed by atoms with Crippen molar-refractivity contribution in [1.29, 1.82) is 10.5 Å². The number of piperidine rings is 2. The van der Waals surface area contributed by atoms with E-state index in [0.29, 0.717) is 80.6 Å². The molecule has 0 saturated carbocycles. The van der Waals surface area contributed by atoms with Gasteiger partial charge in [0.15, 0.2) is 0 Å². The van der Waals surface area contributed by atoms with Crippen LogP contribution >= 0.6 is 0 Å². The fourth-order valence-corrected chi connectivity index (χ4v) is 8.03. The molecule has 8 heterocycles. The summed E-state index contributed by atoms with van der Waals surface area (Å²) in [6, 6.07) is 23.9. The van der Waals surface area contributed by atoms with Crippen molar-refractivity contribution in [2.45, 2.75) is 98.8 Å². The number of H-pyrrole nitrogens is 1. The molecule has 1 N–H and O–H groups in total. The van der Waals surface area contributed by atoms with E-state index in [9.17, 15) is 19.6 Å². The molecule has 0 unspecified atom stereocenters. The van der Waals surface area contributed by atoms with Crippen LogP contribution in [0.2, 0.25) is 0 Å². The Morgan fingerprint density at radius 1 is 0.729 bits per heavy atom. The summed E-state index contributed by atoms with van der Waals surface area (Å²) in [5.74, 6) is 1.82. The molecule has 0 aliphatic carbocycles. The molecular weight excluding hydrogens is 885 g/mol. The summed E-state index contributed by atoms with van der Waals surface area (Å²) in [6.07, 6.45) is 12.8. The molecule has 2 aliphatic heterocycles. The molecule has 6 aromatic rings. The van der Waals surface area contributed by atoms with Crippen LogP contribution in [-0.2, 0) is 0 Å². The van der Waals surface area contributed by atoms with Crippen molar-refractivity contribution >= 4 is 11.8 Å². The smallest absolute Gasteiger partial charge is 0.256 e. The Morgan fingerprint density at radius 2 is 1.36 bits per heavy atom. The highest BCUT2D eigenvalue weighted by Gasteiger charge is 2.34. The third kappa shape index (κ3) is 13.2. The van der Waals surface area contributed by atoms with Crippen LogP contribution in [0.1, 0.15) is 110 Å². The predicted octanol–water partition coefficient (Wildman–Crippen LogP) is 9.18. The fourth-order valence-electron chi connectivity index (χ4n) is 8.03. The number of methoxy groups -OCH3 is 2. The van der Waals surface area contributed by atoms with Crippen molar-refractivity contribution in [2.24, 2.45) is 5.92 Å². The minimum Gasteiger partial charge on any atom is -0.481 e. The van der Waals surface area contributed by atoms with Crippen LogP contribution in [0, 0.1) is 42.4 Å². The zero-order valence-electron chi connectivity index (χ0n) is 41.5. The van der Waals surface area contributed by atoms with Gasteiger partial charge in [-0.3, -0.25) is 24.4 Å². The molecule has 8 rings (SSSR count). The van der Waals surface area contributed by atoms with E-state index in [2.05, 4.69) is 49.8 Å². The summed E-state index contributed by atoms with van der Waals surface area (Å²) < 4.78 is 16.7. The van der Waals surface area contributed by atoms with Crippen LogP contribution in [0.15, 0.2) is 103 Å². The Balaban J connectivity index is 0.000000216. The molecule has 2 amide bonds. The Hall–Kier alpha value is -7.98. The summed E-state index contributed by atoms with van der Waals surface area (Å²) in [7, 11) is 3.12. The summed E-state index contributed by atoms with van der Waals surface area (Å²) in [4.78, 5) is 65.9. The number of nitrogens with zero attached hydrogens (tertiary/aromatic N) is 9. The second kappa shape index (κ2) is 26.0. The second-order valence-corrected chi connectivity index (χ2v) is 16.6. The molecule has 6 aromatic heterocycles. The number of rotatable bonds is 9. The molecule has 70 heavy (non-hydrogen) atoms. The summed E-state index contributed by atoms with van der Waals surface area (Å²) in [5, 5.41) is 17.7. The first-order valence-electron chi connectivity index (χ1n) is 23.6. The fraction of sp³-hybridized carbons (Fsp3) is 0.370. The minimum atomic E-state index is -0.224. The zero-order chi connectivity index (χ0) is 50.7. The van der Waals surface area contributed by atoms with Gasteiger partial charge in [0.2, 0.25) is 17.6 Å². The van der Waals surface area contributed by atoms with Crippen LogP contribution in [-0.4, -0.2) is 97.0 Å². The third-order valence-corrected chi connectivity index (χ3v) is 12.3. The standard InChI is InChI=1S/C25H25N5O3.C20H25N3O2.C7H6N2O.C2H6/c1-16-6-7-20(33-24-17(2)18(13-26)10-12-28-24)15-30(16)25(31)21-8-9-22(32-3)29-23(21)19-5-4-11-27-14-19;1-4-15-9-8-14(2)23(13-15)20(24)16-10-11-18(25-3)22-19(16)17-7-5-6-12-21-17;1-5-6(4-8)2-3-9-7(5)10;1-2/h4-5,8-12,14,16,20H,6-7,15H2,1-3H3;5-7,10-12,14-15H,4,8-9,13H2,1-3H3;2-3H,1H3,(H,9,10);1-2H3/t16-,20-;14-,15-;;/m11../s1. The van der Waals surface area contributed by atoms with Gasteiger partial charge in [-0.25, -0.2) is 15.0 Å². The SMILES string of the molecule is CC.CC[C@@H]1CC[C@@H](C)N(C(=O)c2ccc(OC)nc2-c2ccccn2)C1.COc1ccc(C(=O)N2C[C@H](Oc3nccc(C#N)c3C)CC[C@H]2C)c(-c2cccnc2)n1.Cc1c(C#N)cc[nH]c1=O. The number of carbonyl (C=O) groups excluding carboxylic acids is 2. The number of nitriles is 2. The topological polar surface area (TPSA) is 213 Å². The second-order valence-electron chi connectivity index (χ2n) is 16.6. The van der Waals surface area contributed by atoms with Crippen molar-refractivity contribution in [2.75, 3.05) is 27.3 Å². The maximum Gasteiger partial charge on any atom is 0.256 e. The Morgan fingerprint density at radius 3 is 1.94 bits per heavy atom. The van der Waals surface area contributed by atoms with Gasteiger partial charge in [-0.2, -0.15) is 10.5 Å². The molecule has 2 saturated heterocycles. The zero-order valence-corrected chi connectivity index (χ0v) is 41.5. The lowest BCUT2D eigenvalue weighted by atomic mass is 9.91. The van der Waals surface area contributed by atoms with Crippen LogP contribution in [0.4, 0.5) is 0 Å². The quantitative estimate of drug-likeness (QED) is 0.143. The van der Waals surface area contributed by atoms with Gasteiger partial charge in [-0.1, -0.05) is 33.3 Å². The number of ether oxygens (including phenoxy) is 3. The molecule has 4 atom stereocenters. The highest BCUT2D eigenvalue weighted by molar-refractivity contribution is 6.01. The van der Waals surface area contributed by atoms with Gasteiger partial charge in [0.25, 0.3) is 17.4 Å². The van der Waals surface area contributed by atoms with Crippen molar-refractivity contribution in [3.05, 3.63) is 141 Å². The lowest BCUT2D eigenvalue weighted by molar-refractivity contribution is 0.0371. The number of pyridine rings is 6. The Bertz CT molecular complexity index is 2830. The minimum absolute atomic E-state index is 0.0291. The summed E-state index contributed by atoms with van der Waals surface area (Å²) in [6.45, 7) is 15.0. The summed E-state index contributed by atoms with van der Waals surface area (Å²) in [5.41, 5.74) is 5.55. The van der Waals surface area contributed by atoms with E-state index in [1.165, 1.54) is 12.6 Å². The normalized spacial score (nSPS) is 17.0. The van der Waals surface area contributed by atoms with Gasteiger partial charge in [-0.15, -0.1) is 0 Å². The van der Waals surface area contributed by atoms with Gasteiger partial charge >= 0.3 is 0 Å². The number of hydrogen-bond acceptors (Lipinski definition) is 13. The van der Waals surface area contributed by atoms with Gasteiger partial charge in [0.05, 0.1) is 66.5 Å². The van der Waals surface area contributed by atoms with Gasteiger partial charge in [-0.05, 0) is 108 Å². The first-order chi connectivity index (χ1) is 33.9. The summed E-state index contributed by atoms with van der Waals surface area (Å²) >= 11 is 0. The maximum atomic E-state index is 13.7. The number of likely N-dealkylation sites (tertiary alicyclic amines) is 2. The molecule has 2 fully saturated rings. The number of hydrogen-bond donors (Lipinski definition) is 1. The predicted molar refractivity (Wildman–Crippen MR) is 267 cm³/mol. The lowest BCUT2D eigenvalue weighted by Crippen LogP contribution is -2.49. The highest BCUT2D eigenvalue weighted by atomic mass is 16.5. The van der Waals surface area contributed by atoms with E-state index >= 15 is 0 Å². The molecule has 16 heteroatoms. The first kappa shape index (κ1) is 53.0. The number of aromatic amines is 1. The third-order valence-electron chi connectivity index (χ3n) is 12.3. The van der Waals surface area contributed by atoms with E-state index in [-0.39, 0.29) is 35.6 Å². The van der Waals surface area contributed by atoms with Crippen molar-refractivity contribution in [3.63, 3.8) is 0 Å². The number of aromatic nitrogens is 6. The lowest BCUT2D eigenvalue weighted by Gasteiger charge is -2.38. The van der Waals surface area contributed by atoms with E-state index in [0.717, 1.165) is 37.8 Å². The van der Waals surface area contributed by atoms with Crippen molar-refractivity contribution in [3.8, 4) is 52.4 Å². The van der Waals surface area contributed by atoms with Gasteiger partial charge < -0.3 is 29.0 Å². The Kier molecular flexibility index (Phi) is 19.6. The van der Waals surface area contributed by atoms with Crippen LogP contribution < -0.4 is 19.8 Å². The maximum absolute atomic E-state index is 13.7. The molecule has 0 aromatic carbocycles. The van der Waals surface area contributed by atoms with Crippen LogP contribution in [0.3, 0.4) is 0 Å². The van der Waals surface area contributed by atoms with E-state index in [1.807, 2.05) is 73.9 Å². The average Bonchev–Trinajstić information content (AvgIpc) is 3.41. The first-order valence-corrected chi connectivity index (χ1v) is 23.6. The number of carbonyl (C=O) groups is 2. The van der Waals surface area contributed by atoms with Gasteiger partial charge in [0, 0.05) is 78.4 Å². The number of nitrogens with one attached hydrogen (secondary N) is 1. The largest absolute Gasteiger partial charge is 0.481 e. The average molecular weight is 947 g/mol. The van der Waals surface area contributed by atoms with Crippen molar-refractivity contribution in [1.82, 2.24) is 39.7 Å². The van der Waals surface area contributed by atoms with Crippen LogP contribution in [0.5, 0.6) is 17.6 Å². The molecule has 0 radical (unpaired) electrons. The number of amides is 2. The molecule has 16 nitrogen and oxygen atoms in total. The van der Waals surface area contributed by atoms with E-state index in [4.69, 9.17) is 19.5 Å². The molecular formula is C54H62N10O6. The van der Waals surface area contributed by atoms with E-state index in [1.54, 1.807) is 82.3 Å². The molecule has 2 aliphatic rings. The highest BCUT2D eigenvalue weighted by Crippen LogP contribution is 2.31. The van der Waals surface area contributed by atoms with Crippen LogP contribution in [0.25, 0.3) is 22.6 Å². The van der Waals surface area contributed by atoms with Gasteiger partial charge in [0.1, 0.15) is 11.8 Å². The molecule has 0 spiro atoms. The molecule has 0 bridgehead atoms. The van der Waals surface area contributed by atoms with Crippen molar-refractivity contribution < 1.29 is 23.8 Å².